The van der Waals surface area contributed by atoms with Crippen molar-refractivity contribution in [2.24, 2.45) is 10.2 Å². The minimum atomic E-state index is 0.544. The molecule has 0 unspecified atom stereocenters. The highest BCUT2D eigenvalue weighted by atomic mass is 16.5. The highest BCUT2D eigenvalue weighted by Crippen LogP contribution is 2.26. The van der Waals surface area contributed by atoms with Crippen molar-refractivity contribution in [2.45, 2.75) is 6.92 Å². The average molecular weight is 426 g/mol. The first-order valence-corrected chi connectivity index (χ1v) is 10.7. The smallest absolute Gasteiger partial charge is 0.160 e. The number of hydrogen-bond donors (Lipinski definition) is 0. The zero-order valence-electron chi connectivity index (χ0n) is 17.7. The van der Waals surface area contributed by atoms with E-state index in [0.717, 1.165) is 52.9 Å². The summed E-state index contributed by atoms with van der Waals surface area (Å²) in [4.78, 5) is 7.15. The van der Waals surface area contributed by atoms with E-state index in [-0.39, 0.29) is 0 Å². The summed E-state index contributed by atoms with van der Waals surface area (Å²) in [7, 11) is 0. The number of azo groups is 1. The van der Waals surface area contributed by atoms with Crippen molar-refractivity contribution in [1.29, 1.82) is 0 Å². The monoisotopic (exact) mass is 426 g/mol. The van der Waals surface area contributed by atoms with Crippen LogP contribution >= 0.6 is 0 Å². The van der Waals surface area contributed by atoms with Crippen LogP contribution in [-0.4, -0.2) is 57.2 Å². The van der Waals surface area contributed by atoms with Crippen molar-refractivity contribution in [3.63, 3.8) is 0 Å². The van der Waals surface area contributed by atoms with Crippen LogP contribution in [0.25, 0.3) is 28.3 Å². The Kier molecular flexibility index (Phi) is 4.53. The largest absolute Gasteiger partial charge is 0.378 e. The zero-order chi connectivity index (χ0) is 21.5. The molecular formula is C23H22N8O. The molecule has 0 radical (unpaired) electrons. The first-order valence-electron chi connectivity index (χ1n) is 10.7. The first-order chi connectivity index (χ1) is 15.7. The highest BCUT2D eigenvalue weighted by Gasteiger charge is 2.20. The van der Waals surface area contributed by atoms with E-state index in [1.54, 1.807) is 6.20 Å². The summed E-state index contributed by atoms with van der Waals surface area (Å²) in [6.07, 6.45) is 3.72. The lowest BCUT2D eigenvalue weighted by atomic mass is 10.1. The van der Waals surface area contributed by atoms with Gasteiger partial charge in [0, 0.05) is 42.6 Å². The van der Waals surface area contributed by atoms with Crippen LogP contribution in [0.2, 0.25) is 0 Å². The molecule has 1 fully saturated rings. The van der Waals surface area contributed by atoms with Crippen molar-refractivity contribution in [3.8, 4) is 17.1 Å². The van der Waals surface area contributed by atoms with Gasteiger partial charge in [-0.2, -0.15) is 24.9 Å². The minimum absolute atomic E-state index is 0.544. The summed E-state index contributed by atoms with van der Waals surface area (Å²) < 4.78 is 9.28. The zero-order valence-corrected chi connectivity index (χ0v) is 17.7. The van der Waals surface area contributed by atoms with Crippen LogP contribution in [0.1, 0.15) is 11.3 Å². The van der Waals surface area contributed by atoms with Crippen LogP contribution in [0.5, 0.6) is 0 Å². The van der Waals surface area contributed by atoms with Crippen molar-refractivity contribution in [3.05, 3.63) is 66.1 Å². The lowest BCUT2D eigenvalue weighted by Gasteiger charge is -2.29. The summed E-state index contributed by atoms with van der Waals surface area (Å²) in [5.41, 5.74) is 5.81. The number of ether oxygens (including phenoxy) is 1. The van der Waals surface area contributed by atoms with Crippen LogP contribution in [0.3, 0.4) is 0 Å². The van der Waals surface area contributed by atoms with Gasteiger partial charge in [0.15, 0.2) is 11.5 Å². The Labute approximate surface area is 184 Å². The number of benzene rings is 1. The topological polar surface area (TPSA) is 85.2 Å². The molecule has 160 valence electrons. The fraction of sp³-hybridized carbons (Fsp3) is 0.261. The van der Waals surface area contributed by atoms with Gasteiger partial charge in [-0.15, -0.1) is 0 Å². The maximum atomic E-state index is 5.56. The summed E-state index contributed by atoms with van der Waals surface area (Å²) in [5.74, 6) is 1.72. The van der Waals surface area contributed by atoms with Gasteiger partial charge in [0.05, 0.1) is 37.3 Å². The van der Waals surface area contributed by atoms with Gasteiger partial charge in [-0.25, -0.2) is 9.67 Å². The molecule has 0 amide bonds. The Bertz CT molecular complexity index is 1360. The van der Waals surface area contributed by atoms with E-state index in [1.165, 1.54) is 5.56 Å². The SMILES string of the molecule is Cc1cccc(-c2ccn(-c3cc(N4CCOCC4)n4nc(C5=CN=NC5)cc4n3)n2)c1. The van der Waals surface area contributed by atoms with Crippen LogP contribution in [0.4, 0.5) is 5.82 Å². The van der Waals surface area contributed by atoms with Gasteiger partial charge < -0.3 is 9.64 Å². The van der Waals surface area contributed by atoms with E-state index >= 15 is 0 Å². The third-order valence-corrected chi connectivity index (χ3v) is 5.73. The van der Waals surface area contributed by atoms with Gasteiger partial charge in [-0.05, 0) is 19.1 Å². The molecule has 2 aliphatic heterocycles. The van der Waals surface area contributed by atoms with Gasteiger partial charge in [0.2, 0.25) is 0 Å². The van der Waals surface area contributed by atoms with Gasteiger partial charge in [-0.1, -0.05) is 23.8 Å². The predicted octanol–water partition coefficient (Wildman–Crippen LogP) is 3.53. The Morgan fingerprint density at radius 1 is 0.969 bits per heavy atom. The fourth-order valence-corrected chi connectivity index (χ4v) is 4.06. The van der Waals surface area contributed by atoms with Crippen LogP contribution in [0.15, 0.2) is 65.1 Å². The van der Waals surface area contributed by atoms with E-state index in [1.807, 2.05) is 33.6 Å². The maximum absolute atomic E-state index is 5.56. The number of rotatable bonds is 4. The Hall–Kier alpha value is -3.85. The number of morpholine rings is 1. The van der Waals surface area contributed by atoms with E-state index in [9.17, 15) is 0 Å². The Balaban J connectivity index is 1.45. The molecule has 1 saturated heterocycles. The molecule has 0 atom stereocenters. The van der Waals surface area contributed by atoms with Gasteiger partial charge in [0.25, 0.3) is 0 Å². The number of aromatic nitrogens is 5. The Morgan fingerprint density at radius 2 is 1.88 bits per heavy atom. The molecule has 0 aliphatic carbocycles. The molecule has 9 nitrogen and oxygen atoms in total. The van der Waals surface area contributed by atoms with Gasteiger partial charge in [0.1, 0.15) is 5.82 Å². The highest BCUT2D eigenvalue weighted by molar-refractivity contribution is 5.69. The van der Waals surface area contributed by atoms with Crippen LogP contribution in [-0.2, 0) is 4.74 Å². The lowest BCUT2D eigenvalue weighted by molar-refractivity contribution is 0.122. The molecular weight excluding hydrogens is 404 g/mol. The normalized spacial score (nSPS) is 16.2. The van der Waals surface area contributed by atoms with Crippen molar-refractivity contribution < 1.29 is 4.74 Å². The van der Waals surface area contributed by atoms with E-state index < -0.39 is 0 Å². The summed E-state index contributed by atoms with van der Waals surface area (Å²) >= 11 is 0. The standard InChI is InChI=1S/C23H22N8O/c1-16-3-2-4-17(11-16)19-5-6-30(27-19)21-13-23(29-7-9-32-10-8-29)31-22(26-21)12-20(28-31)18-14-24-25-15-18/h2-6,11-14H,7-10,15H2,1H3. The first kappa shape index (κ1) is 18.9. The van der Waals surface area contributed by atoms with Crippen LogP contribution in [0, 0.1) is 6.92 Å². The molecule has 0 N–H and O–H groups in total. The fourth-order valence-electron chi connectivity index (χ4n) is 4.06. The third kappa shape index (κ3) is 3.36. The number of aryl methyl sites for hydroxylation is 1. The third-order valence-electron chi connectivity index (χ3n) is 5.73. The second kappa shape index (κ2) is 7.69. The quantitative estimate of drug-likeness (QED) is 0.498. The molecule has 6 rings (SSSR count). The van der Waals surface area contributed by atoms with Gasteiger partial charge >= 0.3 is 0 Å². The molecule has 5 heterocycles. The van der Waals surface area contributed by atoms with Gasteiger partial charge in [-0.3, -0.25) is 0 Å². The number of nitrogens with zero attached hydrogens (tertiary/aromatic N) is 8. The molecule has 32 heavy (non-hydrogen) atoms. The molecule has 4 aromatic rings. The molecule has 0 bridgehead atoms. The van der Waals surface area contributed by atoms with Crippen molar-refractivity contribution in [1.82, 2.24) is 24.4 Å². The minimum Gasteiger partial charge on any atom is -0.378 e. The lowest BCUT2D eigenvalue weighted by Crippen LogP contribution is -2.37. The Morgan fingerprint density at radius 3 is 2.69 bits per heavy atom. The molecule has 3 aromatic heterocycles. The second-order valence-corrected chi connectivity index (χ2v) is 7.96. The van der Waals surface area contributed by atoms with Crippen molar-refractivity contribution in [2.75, 3.05) is 37.7 Å². The van der Waals surface area contributed by atoms with E-state index in [0.29, 0.717) is 19.8 Å². The number of fused-ring (bicyclic) bond motifs is 1. The predicted molar refractivity (Wildman–Crippen MR) is 121 cm³/mol. The second-order valence-electron chi connectivity index (χ2n) is 7.96. The molecule has 0 saturated carbocycles. The molecule has 2 aliphatic rings. The number of anilines is 1. The maximum Gasteiger partial charge on any atom is 0.160 e. The van der Waals surface area contributed by atoms with E-state index in [4.69, 9.17) is 19.9 Å². The van der Waals surface area contributed by atoms with E-state index in [2.05, 4.69) is 46.3 Å². The molecule has 1 aromatic carbocycles. The van der Waals surface area contributed by atoms with Crippen molar-refractivity contribution >= 4 is 17.0 Å². The summed E-state index contributed by atoms with van der Waals surface area (Å²) in [6.45, 7) is 5.61. The molecule has 0 spiro atoms. The summed E-state index contributed by atoms with van der Waals surface area (Å²) in [5, 5.41) is 17.7. The van der Waals surface area contributed by atoms with Crippen LogP contribution < -0.4 is 4.90 Å². The number of hydrogen-bond acceptors (Lipinski definition) is 7. The molecule has 9 heteroatoms. The average Bonchev–Trinajstić information content (AvgIpc) is 3.59. The summed E-state index contributed by atoms with van der Waals surface area (Å²) in [6, 6.07) is 14.4.